The lowest BCUT2D eigenvalue weighted by Crippen LogP contribution is -2.42. The Labute approximate surface area is 203 Å². The summed E-state index contributed by atoms with van der Waals surface area (Å²) in [7, 11) is -3.15. The van der Waals surface area contributed by atoms with Crippen LogP contribution < -0.4 is 11.1 Å². The summed E-state index contributed by atoms with van der Waals surface area (Å²) in [6.07, 6.45) is 12.8. The van der Waals surface area contributed by atoms with Crippen LogP contribution in [0.1, 0.15) is 42.7 Å². The Kier molecular flexibility index (Phi) is 7.84. The minimum atomic E-state index is -3.15. The second kappa shape index (κ2) is 10.6. The molecule has 1 unspecified atom stereocenters. The van der Waals surface area contributed by atoms with E-state index in [0.29, 0.717) is 24.9 Å². The van der Waals surface area contributed by atoms with Crippen molar-refractivity contribution in [3.63, 3.8) is 0 Å². The monoisotopic (exact) mass is 490 g/mol. The standard InChI is InChI=1S/C25H35ClN4O2S/c1-33(31,32)30-13-8-20(9-14-30)23-17-19(3-2-10-27)4-7-25(29-15-11-28-12-16-29)24-18-21(26)5-6-22(23)24/h2-3,5-7,10,18,20,23,28H,4,8-9,11-17,27H2,1H3/b10-2-,19-3-,25-7+. The molecule has 0 spiro atoms. The smallest absolute Gasteiger partial charge is 0.211 e. The van der Waals surface area contributed by atoms with Crippen LogP contribution in [0.3, 0.4) is 0 Å². The van der Waals surface area contributed by atoms with Crippen LogP contribution in [0.4, 0.5) is 0 Å². The lowest BCUT2D eigenvalue weighted by atomic mass is 9.73. The van der Waals surface area contributed by atoms with Crippen LogP contribution in [0.2, 0.25) is 5.02 Å². The van der Waals surface area contributed by atoms with Crippen molar-refractivity contribution in [3.8, 4) is 0 Å². The lowest BCUT2D eigenvalue weighted by molar-refractivity contribution is 0.242. The maximum atomic E-state index is 12.1. The van der Waals surface area contributed by atoms with Gasteiger partial charge in [0.25, 0.3) is 0 Å². The number of nitrogens with two attached hydrogens (primary N) is 1. The minimum Gasteiger partial charge on any atom is -0.405 e. The van der Waals surface area contributed by atoms with E-state index in [1.54, 1.807) is 10.5 Å². The first-order valence-corrected chi connectivity index (χ1v) is 14.1. The molecule has 2 aliphatic heterocycles. The first kappa shape index (κ1) is 24.3. The zero-order valence-electron chi connectivity index (χ0n) is 19.3. The molecule has 6 nitrogen and oxygen atoms in total. The molecule has 8 heteroatoms. The van der Waals surface area contributed by atoms with E-state index in [9.17, 15) is 8.42 Å². The molecule has 33 heavy (non-hydrogen) atoms. The largest absolute Gasteiger partial charge is 0.405 e. The number of halogens is 1. The van der Waals surface area contributed by atoms with Gasteiger partial charge in [-0.05, 0) is 67.5 Å². The number of hydrogen-bond acceptors (Lipinski definition) is 5. The van der Waals surface area contributed by atoms with Gasteiger partial charge in [-0.3, -0.25) is 0 Å². The molecule has 0 amide bonds. The van der Waals surface area contributed by atoms with E-state index in [-0.39, 0.29) is 0 Å². The van der Waals surface area contributed by atoms with Crippen LogP contribution in [0, 0.1) is 5.92 Å². The number of fused-ring (bicyclic) bond motifs is 1. The molecule has 2 fully saturated rings. The summed E-state index contributed by atoms with van der Waals surface area (Å²) in [5.74, 6) is 0.721. The zero-order chi connectivity index (χ0) is 23.4. The van der Waals surface area contributed by atoms with Gasteiger partial charge in [-0.25, -0.2) is 12.7 Å². The predicted molar refractivity (Wildman–Crippen MR) is 136 cm³/mol. The molecule has 4 rings (SSSR count). The highest BCUT2D eigenvalue weighted by Crippen LogP contribution is 2.44. The van der Waals surface area contributed by atoms with Gasteiger partial charge in [-0.2, -0.15) is 0 Å². The summed E-state index contributed by atoms with van der Waals surface area (Å²) in [5, 5.41) is 4.20. The summed E-state index contributed by atoms with van der Waals surface area (Å²) < 4.78 is 25.7. The van der Waals surface area contributed by atoms with Crippen molar-refractivity contribution in [2.75, 3.05) is 45.5 Å². The molecule has 3 aliphatic rings. The molecule has 180 valence electrons. The lowest BCUT2D eigenvalue weighted by Gasteiger charge is -2.39. The van der Waals surface area contributed by atoms with E-state index in [4.69, 9.17) is 17.3 Å². The molecule has 1 aliphatic carbocycles. The van der Waals surface area contributed by atoms with Crippen molar-refractivity contribution >= 4 is 27.3 Å². The number of nitrogens with one attached hydrogen (secondary N) is 1. The third-order valence-corrected chi connectivity index (χ3v) is 8.71. The molecule has 0 saturated carbocycles. The van der Waals surface area contributed by atoms with Crippen LogP contribution >= 0.6 is 11.6 Å². The molecule has 0 aromatic heterocycles. The average molecular weight is 491 g/mol. The quantitative estimate of drug-likeness (QED) is 0.675. The van der Waals surface area contributed by atoms with Crippen LogP contribution in [0.5, 0.6) is 0 Å². The minimum absolute atomic E-state index is 0.308. The predicted octanol–water partition coefficient (Wildman–Crippen LogP) is 3.53. The fourth-order valence-electron chi connectivity index (χ4n) is 5.45. The summed E-state index contributed by atoms with van der Waals surface area (Å²) >= 11 is 6.51. The van der Waals surface area contributed by atoms with E-state index in [0.717, 1.165) is 56.9 Å². The number of allylic oxidation sites excluding steroid dienone is 4. The molecule has 1 aromatic rings. The molecule has 2 heterocycles. The highest BCUT2D eigenvalue weighted by molar-refractivity contribution is 7.88. The maximum absolute atomic E-state index is 12.1. The number of piperazine rings is 1. The van der Waals surface area contributed by atoms with E-state index >= 15 is 0 Å². The molecular formula is C25H35ClN4O2S. The Bertz CT molecular complexity index is 1040. The van der Waals surface area contributed by atoms with Gasteiger partial charge in [0, 0.05) is 55.6 Å². The molecule has 1 atom stereocenters. The van der Waals surface area contributed by atoms with E-state index in [1.807, 2.05) is 12.1 Å². The van der Waals surface area contributed by atoms with Crippen LogP contribution in [-0.4, -0.2) is 63.1 Å². The molecule has 1 aromatic carbocycles. The van der Waals surface area contributed by atoms with E-state index < -0.39 is 10.0 Å². The van der Waals surface area contributed by atoms with Gasteiger partial charge in [-0.1, -0.05) is 35.4 Å². The number of rotatable bonds is 4. The van der Waals surface area contributed by atoms with Crippen LogP contribution in [0.25, 0.3) is 5.70 Å². The van der Waals surface area contributed by atoms with Gasteiger partial charge in [0.1, 0.15) is 0 Å². The maximum Gasteiger partial charge on any atom is 0.211 e. The third kappa shape index (κ3) is 5.83. The first-order chi connectivity index (χ1) is 15.9. The van der Waals surface area contributed by atoms with Gasteiger partial charge in [-0.15, -0.1) is 0 Å². The Morgan fingerprint density at radius 1 is 1.15 bits per heavy atom. The molecule has 0 radical (unpaired) electrons. The van der Waals surface area contributed by atoms with Gasteiger partial charge in [0.2, 0.25) is 10.0 Å². The Morgan fingerprint density at radius 3 is 2.55 bits per heavy atom. The van der Waals surface area contributed by atoms with Crippen molar-refractivity contribution < 1.29 is 8.42 Å². The first-order valence-electron chi connectivity index (χ1n) is 11.8. The Hall–Kier alpha value is -1.80. The average Bonchev–Trinajstić information content (AvgIpc) is 2.80. The summed E-state index contributed by atoms with van der Waals surface area (Å²) in [6.45, 7) is 5.06. The van der Waals surface area contributed by atoms with Crippen molar-refractivity contribution in [3.05, 3.63) is 64.3 Å². The number of piperidine rings is 1. The number of nitrogens with zero attached hydrogens (tertiary/aromatic N) is 2. The highest BCUT2D eigenvalue weighted by Gasteiger charge is 2.34. The van der Waals surface area contributed by atoms with Gasteiger partial charge in [0.05, 0.1) is 6.26 Å². The van der Waals surface area contributed by atoms with Gasteiger partial charge < -0.3 is 16.0 Å². The van der Waals surface area contributed by atoms with Crippen molar-refractivity contribution in [2.45, 2.75) is 31.6 Å². The fourth-order valence-corrected chi connectivity index (χ4v) is 6.50. The van der Waals surface area contributed by atoms with Gasteiger partial charge >= 0.3 is 0 Å². The number of hydrogen-bond donors (Lipinski definition) is 2. The third-order valence-electron chi connectivity index (χ3n) is 7.17. The molecular weight excluding hydrogens is 456 g/mol. The topological polar surface area (TPSA) is 78.7 Å². The second-order valence-electron chi connectivity index (χ2n) is 9.28. The van der Waals surface area contributed by atoms with Crippen molar-refractivity contribution in [1.29, 1.82) is 0 Å². The Balaban J connectivity index is 1.74. The molecule has 2 saturated heterocycles. The fraction of sp³-hybridized carbons (Fsp3) is 0.520. The summed E-state index contributed by atoms with van der Waals surface area (Å²) in [4.78, 5) is 2.47. The SMILES string of the molecule is CS(=O)(=O)N1CCC(C2C/C(=C\C=C/N)C/C=C(/N3CCNCC3)c3cc(Cl)ccc32)CC1. The number of sulfonamides is 1. The Morgan fingerprint density at radius 2 is 1.88 bits per heavy atom. The summed E-state index contributed by atoms with van der Waals surface area (Å²) in [6, 6.07) is 6.32. The zero-order valence-corrected chi connectivity index (χ0v) is 20.9. The van der Waals surface area contributed by atoms with Crippen molar-refractivity contribution in [1.82, 2.24) is 14.5 Å². The van der Waals surface area contributed by atoms with E-state index in [2.05, 4.69) is 34.5 Å². The normalized spacial score (nSPS) is 26.6. The highest BCUT2D eigenvalue weighted by atomic mass is 35.5. The molecule has 0 bridgehead atoms. The summed E-state index contributed by atoms with van der Waals surface area (Å²) in [5.41, 5.74) is 10.8. The second-order valence-corrected chi connectivity index (χ2v) is 11.7. The van der Waals surface area contributed by atoms with Crippen LogP contribution in [0.15, 0.2) is 48.2 Å². The van der Waals surface area contributed by atoms with Crippen LogP contribution in [-0.2, 0) is 10.0 Å². The van der Waals surface area contributed by atoms with E-state index in [1.165, 1.54) is 28.7 Å². The number of benzene rings is 1. The van der Waals surface area contributed by atoms with Crippen molar-refractivity contribution in [2.24, 2.45) is 11.7 Å². The van der Waals surface area contributed by atoms with Gasteiger partial charge in [0.15, 0.2) is 0 Å². The molecule has 3 N–H and O–H groups in total.